The second-order valence-corrected chi connectivity index (χ2v) is 8.87. The first-order valence-electron chi connectivity index (χ1n) is 9.71. The van der Waals surface area contributed by atoms with Gasteiger partial charge in [-0.15, -0.1) is 0 Å². The Hall–Kier alpha value is -1.60. The summed E-state index contributed by atoms with van der Waals surface area (Å²) in [5.74, 6) is -2.39. The number of ether oxygens (including phenoxy) is 4. The van der Waals surface area contributed by atoms with Crippen molar-refractivity contribution in [1.82, 2.24) is 0 Å². The summed E-state index contributed by atoms with van der Waals surface area (Å²) in [5.41, 5.74) is -0.0739. The van der Waals surface area contributed by atoms with Gasteiger partial charge in [0.05, 0.1) is 22.7 Å². The molecule has 6 heteroatoms. The standard InChI is InChI=1S/C22H28O6/c1-19-13-9-7-11(21(13,25-3)26-4)15(19)18(24)20(2)14-10-8-12(16(20)17(19)23)22(14,27-5)28-6/h7-14,23-24H,1-6H3/t11-,12-,13+,14+,19-,20-/m1/s1. The Morgan fingerprint density at radius 1 is 0.643 bits per heavy atom. The summed E-state index contributed by atoms with van der Waals surface area (Å²) in [4.78, 5) is 0. The van der Waals surface area contributed by atoms with E-state index in [1.165, 1.54) is 0 Å². The Kier molecular flexibility index (Phi) is 3.36. The Balaban J connectivity index is 1.82. The normalized spacial score (nSPS) is 45.9. The molecule has 152 valence electrons. The van der Waals surface area contributed by atoms with Crippen molar-refractivity contribution in [2.24, 2.45) is 34.5 Å². The largest absolute Gasteiger partial charge is 0.511 e. The van der Waals surface area contributed by atoms with E-state index in [4.69, 9.17) is 18.9 Å². The van der Waals surface area contributed by atoms with Crippen LogP contribution in [0.25, 0.3) is 0 Å². The van der Waals surface area contributed by atoms with E-state index in [0.29, 0.717) is 0 Å². The molecule has 0 aliphatic heterocycles. The predicted octanol–water partition coefficient (Wildman–Crippen LogP) is 3.25. The fourth-order valence-corrected chi connectivity index (χ4v) is 7.21. The molecule has 6 nitrogen and oxygen atoms in total. The van der Waals surface area contributed by atoms with Gasteiger partial charge in [-0.25, -0.2) is 0 Å². The quantitative estimate of drug-likeness (QED) is 0.569. The minimum atomic E-state index is -0.937. The average molecular weight is 388 g/mol. The van der Waals surface area contributed by atoms with Crippen LogP contribution >= 0.6 is 0 Å². The lowest BCUT2D eigenvalue weighted by atomic mass is 9.58. The molecule has 28 heavy (non-hydrogen) atoms. The lowest BCUT2D eigenvalue weighted by molar-refractivity contribution is -0.235. The molecule has 0 unspecified atom stereocenters. The summed E-state index contributed by atoms with van der Waals surface area (Å²) < 4.78 is 23.5. The number of hydrogen-bond acceptors (Lipinski definition) is 6. The smallest absolute Gasteiger partial charge is 0.185 e. The highest BCUT2D eigenvalue weighted by Crippen LogP contribution is 2.75. The molecule has 0 aromatic heterocycles. The van der Waals surface area contributed by atoms with Crippen LogP contribution in [0.15, 0.2) is 47.0 Å². The van der Waals surface area contributed by atoms with Crippen molar-refractivity contribution in [3.8, 4) is 0 Å². The Bertz CT molecular complexity index is 801. The maximum Gasteiger partial charge on any atom is 0.185 e. The number of hydrogen-bond donors (Lipinski definition) is 2. The van der Waals surface area contributed by atoms with Gasteiger partial charge in [-0.05, 0) is 25.0 Å². The van der Waals surface area contributed by atoms with Gasteiger partial charge in [0.2, 0.25) is 0 Å². The third-order valence-corrected chi connectivity index (χ3v) is 8.48. The van der Waals surface area contributed by atoms with Crippen LogP contribution < -0.4 is 0 Å². The van der Waals surface area contributed by atoms with Crippen LogP contribution in [0.5, 0.6) is 0 Å². The minimum absolute atomic E-state index is 0.253. The van der Waals surface area contributed by atoms with E-state index in [1.807, 2.05) is 38.2 Å². The first-order valence-corrected chi connectivity index (χ1v) is 9.71. The third-order valence-electron chi connectivity index (χ3n) is 8.48. The number of aliphatic hydroxyl groups excluding tert-OH is 2. The highest BCUT2D eigenvalue weighted by molar-refractivity contribution is 5.59. The molecule has 5 aliphatic rings. The van der Waals surface area contributed by atoms with Gasteiger partial charge in [0.25, 0.3) is 0 Å². The zero-order valence-corrected chi connectivity index (χ0v) is 17.1. The van der Waals surface area contributed by atoms with Crippen LogP contribution in [0.2, 0.25) is 0 Å². The van der Waals surface area contributed by atoms with E-state index in [1.54, 1.807) is 28.4 Å². The second kappa shape index (κ2) is 5.11. The fourth-order valence-electron chi connectivity index (χ4n) is 7.21. The van der Waals surface area contributed by atoms with Gasteiger partial charge in [-0.1, -0.05) is 24.3 Å². The monoisotopic (exact) mass is 388 g/mol. The van der Waals surface area contributed by atoms with E-state index in [2.05, 4.69) is 0 Å². The second-order valence-electron chi connectivity index (χ2n) is 8.87. The summed E-state index contributed by atoms with van der Waals surface area (Å²) in [6.07, 6.45) is 8.12. The van der Waals surface area contributed by atoms with Gasteiger partial charge in [-0.2, -0.15) is 0 Å². The van der Waals surface area contributed by atoms with Gasteiger partial charge in [0.15, 0.2) is 11.6 Å². The lowest BCUT2D eigenvalue weighted by Gasteiger charge is -2.46. The Labute approximate surface area is 165 Å². The van der Waals surface area contributed by atoms with Gasteiger partial charge in [0.1, 0.15) is 11.5 Å². The molecule has 5 rings (SSSR count). The summed E-state index contributed by atoms with van der Waals surface area (Å²) in [7, 11) is 6.47. The predicted molar refractivity (Wildman–Crippen MR) is 101 cm³/mol. The molecule has 0 spiro atoms. The van der Waals surface area contributed by atoms with E-state index >= 15 is 0 Å². The van der Waals surface area contributed by atoms with Crippen molar-refractivity contribution in [1.29, 1.82) is 0 Å². The molecule has 0 radical (unpaired) electrons. The van der Waals surface area contributed by atoms with Gasteiger partial charge >= 0.3 is 0 Å². The molecule has 2 N–H and O–H groups in total. The average Bonchev–Trinajstić information content (AvgIpc) is 3.37. The number of rotatable bonds is 4. The summed E-state index contributed by atoms with van der Waals surface area (Å²) in [6.45, 7) is 3.94. The molecular weight excluding hydrogens is 360 g/mol. The van der Waals surface area contributed by atoms with E-state index in [-0.39, 0.29) is 35.2 Å². The van der Waals surface area contributed by atoms with Gasteiger partial charge in [-0.3, -0.25) is 0 Å². The number of methoxy groups -OCH3 is 4. The molecule has 0 saturated heterocycles. The topological polar surface area (TPSA) is 77.4 Å². The van der Waals surface area contributed by atoms with Gasteiger partial charge < -0.3 is 29.2 Å². The Morgan fingerprint density at radius 3 is 1.25 bits per heavy atom. The van der Waals surface area contributed by atoms with Crippen molar-refractivity contribution in [3.05, 3.63) is 47.0 Å². The highest BCUT2D eigenvalue weighted by atomic mass is 16.7. The van der Waals surface area contributed by atoms with Crippen LogP contribution in [0, 0.1) is 34.5 Å². The fraction of sp³-hybridized carbons (Fsp3) is 0.636. The maximum atomic E-state index is 11.7. The number of allylic oxidation sites excluding steroid dienone is 2. The molecule has 0 aromatic carbocycles. The molecule has 0 amide bonds. The molecule has 0 aromatic rings. The summed E-state index contributed by atoms with van der Waals surface area (Å²) in [5, 5.41) is 23.5. The van der Waals surface area contributed by atoms with Gasteiger partial charge in [0, 0.05) is 40.3 Å². The van der Waals surface area contributed by atoms with E-state index in [0.717, 1.165) is 11.1 Å². The number of aliphatic hydroxyl groups is 2. The van der Waals surface area contributed by atoms with E-state index < -0.39 is 22.4 Å². The third kappa shape index (κ3) is 1.44. The molecule has 2 fully saturated rings. The van der Waals surface area contributed by atoms with Crippen molar-refractivity contribution < 1.29 is 29.2 Å². The van der Waals surface area contributed by atoms with Crippen LogP contribution in [0.1, 0.15) is 13.8 Å². The molecule has 6 atom stereocenters. The maximum absolute atomic E-state index is 11.7. The highest BCUT2D eigenvalue weighted by Gasteiger charge is 2.77. The molecule has 4 bridgehead atoms. The van der Waals surface area contributed by atoms with E-state index in [9.17, 15) is 10.2 Å². The van der Waals surface area contributed by atoms with Crippen LogP contribution in [0.3, 0.4) is 0 Å². The van der Waals surface area contributed by atoms with Crippen molar-refractivity contribution in [2.45, 2.75) is 25.4 Å². The molecule has 5 aliphatic carbocycles. The lowest BCUT2D eigenvalue weighted by Crippen LogP contribution is -2.44. The zero-order chi connectivity index (χ0) is 20.3. The molecular formula is C22H28O6. The SMILES string of the molecule is COC1(OC)[C@@H]2C=C[C@H]1[C@@]1(C)C(O)=C3[C@H]4C=C[C@H](C4(OC)OC)[C@@]3(C)C(O)=C21. The molecule has 0 heterocycles. The zero-order valence-electron chi connectivity index (χ0n) is 17.1. The first-order chi connectivity index (χ1) is 13.3. The Morgan fingerprint density at radius 2 is 0.964 bits per heavy atom. The minimum Gasteiger partial charge on any atom is -0.511 e. The van der Waals surface area contributed by atoms with Crippen LogP contribution in [-0.2, 0) is 18.9 Å². The summed E-state index contributed by atoms with van der Waals surface area (Å²) in [6, 6.07) is 0. The van der Waals surface area contributed by atoms with Crippen molar-refractivity contribution in [3.63, 3.8) is 0 Å². The van der Waals surface area contributed by atoms with Crippen molar-refractivity contribution in [2.75, 3.05) is 28.4 Å². The summed E-state index contributed by atoms with van der Waals surface area (Å²) >= 11 is 0. The van der Waals surface area contributed by atoms with Crippen LogP contribution in [0.4, 0.5) is 0 Å². The first kappa shape index (κ1) is 18.4. The van der Waals surface area contributed by atoms with Crippen molar-refractivity contribution >= 4 is 0 Å². The molecule has 2 saturated carbocycles. The van der Waals surface area contributed by atoms with Crippen LogP contribution in [-0.4, -0.2) is 50.2 Å². The number of fused-ring (bicyclic) bond motifs is 10.